The van der Waals surface area contributed by atoms with E-state index in [4.69, 9.17) is 11.6 Å². The Morgan fingerprint density at radius 1 is 1.25 bits per heavy atom. The molecule has 0 unspecified atom stereocenters. The fourth-order valence-electron chi connectivity index (χ4n) is 3.88. The molecule has 0 N–H and O–H groups in total. The molecule has 0 bridgehead atoms. The topological polar surface area (TPSA) is 57.7 Å². The molecule has 0 aromatic heterocycles. The van der Waals surface area contributed by atoms with E-state index in [1.165, 1.54) is 4.31 Å². The molecule has 0 atom stereocenters. The van der Waals surface area contributed by atoms with Crippen molar-refractivity contribution in [1.82, 2.24) is 9.21 Å². The molecule has 2 fully saturated rings. The molecule has 2 heterocycles. The SMILES string of the molecule is CCN1CC2(CCN(S(=O)(=O)c3c(C)cccc3Cl)CC2)CC1=O. The summed E-state index contributed by atoms with van der Waals surface area (Å²) in [6.07, 6.45) is 1.98. The van der Waals surface area contributed by atoms with E-state index in [-0.39, 0.29) is 21.2 Å². The number of nitrogens with zero attached hydrogens (tertiary/aromatic N) is 2. The summed E-state index contributed by atoms with van der Waals surface area (Å²) in [5.74, 6) is 0.191. The third-order valence-corrected chi connectivity index (χ3v) is 7.86. The minimum atomic E-state index is -3.60. The van der Waals surface area contributed by atoms with Crippen molar-refractivity contribution in [3.05, 3.63) is 28.8 Å². The van der Waals surface area contributed by atoms with E-state index in [1.807, 2.05) is 11.8 Å². The average molecular weight is 371 g/mol. The Balaban J connectivity index is 1.79. The van der Waals surface area contributed by atoms with Gasteiger partial charge >= 0.3 is 0 Å². The second-order valence-electron chi connectivity index (χ2n) is 6.87. The fraction of sp³-hybridized carbons (Fsp3) is 0.588. The van der Waals surface area contributed by atoms with Crippen LogP contribution in [-0.4, -0.2) is 49.7 Å². The molecule has 24 heavy (non-hydrogen) atoms. The van der Waals surface area contributed by atoms with Crippen LogP contribution in [0.1, 0.15) is 31.7 Å². The number of likely N-dealkylation sites (tertiary alicyclic amines) is 1. The predicted octanol–water partition coefficient (Wildman–Crippen LogP) is 2.67. The summed E-state index contributed by atoms with van der Waals surface area (Å²) < 4.78 is 27.5. The minimum Gasteiger partial charge on any atom is -0.342 e. The monoisotopic (exact) mass is 370 g/mol. The average Bonchev–Trinajstić information content (AvgIpc) is 2.83. The maximum Gasteiger partial charge on any atom is 0.244 e. The number of amides is 1. The number of sulfonamides is 1. The van der Waals surface area contributed by atoms with Gasteiger partial charge in [0, 0.05) is 32.6 Å². The minimum absolute atomic E-state index is 0.0609. The molecule has 0 aliphatic carbocycles. The molecule has 1 amide bonds. The quantitative estimate of drug-likeness (QED) is 0.821. The second-order valence-corrected chi connectivity index (χ2v) is 9.16. The summed E-state index contributed by atoms with van der Waals surface area (Å²) in [6, 6.07) is 5.13. The zero-order chi connectivity index (χ0) is 17.5. The summed E-state index contributed by atoms with van der Waals surface area (Å²) in [7, 11) is -3.60. The lowest BCUT2D eigenvalue weighted by molar-refractivity contribution is -0.127. The molecule has 0 radical (unpaired) electrons. The third-order valence-electron chi connectivity index (χ3n) is 5.33. The van der Waals surface area contributed by atoms with Crippen LogP contribution in [-0.2, 0) is 14.8 Å². The van der Waals surface area contributed by atoms with E-state index in [1.54, 1.807) is 25.1 Å². The van der Waals surface area contributed by atoms with Crippen LogP contribution >= 0.6 is 11.6 Å². The van der Waals surface area contributed by atoms with Gasteiger partial charge in [0.1, 0.15) is 4.90 Å². The van der Waals surface area contributed by atoms with Gasteiger partial charge in [0.15, 0.2) is 0 Å². The van der Waals surface area contributed by atoms with Crippen molar-refractivity contribution in [2.45, 2.75) is 38.0 Å². The molecule has 0 saturated carbocycles. The molecule has 1 aromatic carbocycles. The summed E-state index contributed by atoms with van der Waals surface area (Å²) in [6.45, 7) is 6.11. The molecular weight excluding hydrogens is 348 g/mol. The molecule has 7 heteroatoms. The summed E-state index contributed by atoms with van der Waals surface area (Å²) in [5.41, 5.74) is 0.602. The largest absolute Gasteiger partial charge is 0.342 e. The Hall–Kier alpha value is -1.11. The first kappa shape index (κ1) is 17.7. The zero-order valence-electron chi connectivity index (χ0n) is 14.1. The van der Waals surface area contributed by atoms with Gasteiger partial charge in [0.05, 0.1) is 5.02 Å². The number of aryl methyl sites for hydroxylation is 1. The predicted molar refractivity (Wildman–Crippen MR) is 93.5 cm³/mol. The number of hydrogen-bond acceptors (Lipinski definition) is 3. The Morgan fingerprint density at radius 2 is 1.92 bits per heavy atom. The van der Waals surface area contributed by atoms with E-state index in [0.29, 0.717) is 25.1 Å². The van der Waals surface area contributed by atoms with Crippen LogP contribution in [0.4, 0.5) is 0 Å². The van der Waals surface area contributed by atoms with E-state index in [0.717, 1.165) is 25.9 Å². The van der Waals surface area contributed by atoms with Gasteiger partial charge in [0.25, 0.3) is 0 Å². The van der Waals surface area contributed by atoms with Crippen LogP contribution < -0.4 is 0 Å². The number of benzene rings is 1. The van der Waals surface area contributed by atoms with E-state index < -0.39 is 10.0 Å². The number of carbonyl (C=O) groups is 1. The van der Waals surface area contributed by atoms with E-state index in [2.05, 4.69) is 0 Å². The van der Waals surface area contributed by atoms with Crippen molar-refractivity contribution in [3.8, 4) is 0 Å². The van der Waals surface area contributed by atoms with E-state index in [9.17, 15) is 13.2 Å². The van der Waals surface area contributed by atoms with Gasteiger partial charge < -0.3 is 4.90 Å². The maximum atomic E-state index is 13.0. The summed E-state index contributed by atoms with van der Waals surface area (Å²) >= 11 is 6.15. The summed E-state index contributed by atoms with van der Waals surface area (Å²) in [4.78, 5) is 14.1. The molecule has 2 aliphatic rings. The van der Waals surface area contributed by atoms with Crippen molar-refractivity contribution in [3.63, 3.8) is 0 Å². The van der Waals surface area contributed by atoms with E-state index >= 15 is 0 Å². The first-order valence-electron chi connectivity index (χ1n) is 8.32. The normalized spacial score (nSPS) is 21.6. The standard InChI is InChI=1S/C17H23ClN2O3S/c1-3-19-12-17(11-15(19)21)7-9-20(10-8-17)24(22,23)16-13(2)5-4-6-14(16)18/h4-6H,3,7-12H2,1-2H3. The number of halogens is 1. The van der Waals surface area contributed by atoms with Crippen molar-refractivity contribution in [2.24, 2.45) is 5.41 Å². The van der Waals surface area contributed by atoms with Gasteiger partial charge in [0.2, 0.25) is 15.9 Å². The Kier molecular flexibility index (Phi) is 4.66. The first-order valence-corrected chi connectivity index (χ1v) is 10.1. The van der Waals surface area contributed by atoms with Gasteiger partial charge in [-0.25, -0.2) is 8.42 Å². The molecule has 132 valence electrons. The van der Waals surface area contributed by atoms with Crippen LogP contribution in [0.5, 0.6) is 0 Å². The number of hydrogen-bond donors (Lipinski definition) is 0. The van der Waals surface area contributed by atoms with Crippen LogP contribution in [0.3, 0.4) is 0 Å². The maximum absolute atomic E-state index is 13.0. The molecule has 1 spiro atoms. The van der Waals surface area contributed by atoms with Crippen molar-refractivity contribution < 1.29 is 13.2 Å². The highest BCUT2D eigenvalue weighted by Gasteiger charge is 2.46. The number of rotatable bonds is 3. The highest BCUT2D eigenvalue weighted by Crippen LogP contribution is 2.42. The van der Waals surface area contributed by atoms with Crippen LogP contribution in [0.15, 0.2) is 23.1 Å². The highest BCUT2D eigenvalue weighted by molar-refractivity contribution is 7.89. The third kappa shape index (κ3) is 2.95. The number of piperidine rings is 1. The van der Waals surface area contributed by atoms with Crippen molar-refractivity contribution in [2.75, 3.05) is 26.2 Å². The Morgan fingerprint density at radius 3 is 2.46 bits per heavy atom. The van der Waals surface area contributed by atoms with Crippen LogP contribution in [0.2, 0.25) is 5.02 Å². The lowest BCUT2D eigenvalue weighted by Crippen LogP contribution is -2.44. The van der Waals surface area contributed by atoms with Gasteiger partial charge in [-0.2, -0.15) is 4.31 Å². The van der Waals surface area contributed by atoms with Gasteiger partial charge in [-0.15, -0.1) is 0 Å². The first-order chi connectivity index (χ1) is 11.3. The summed E-state index contributed by atoms with van der Waals surface area (Å²) in [5, 5.41) is 0.267. The molecule has 5 nitrogen and oxygen atoms in total. The molecule has 2 saturated heterocycles. The second kappa shape index (κ2) is 6.32. The number of carbonyl (C=O) groups excluding carboxylic acids is 1. The molecule has 2 aliphatic heterocycles. The lowest BCUT2D eigenvalue weighted by atomic mass is 9.78. The van der Waals surface area contributed by atoms with Gasteiger partial charge in [-0.05, 0) is 43.7 Å². The van der Waals surface area contributed by atoms with Gasteiger partial charge in [-0.1, -0.05) is 23.7 Å². The lowest BCUT2D eigenvalue weighted by Gasteiger charge is -2.38. The smallest absolute Gasteiger partial charge is 0.244 e. The van der Waals surface area contributed by atoms with Crippen LogP contribution in [0.25, 0.3) is 0 Å². The molecule has 1 aromatic rings. The van der Waals surface area contributed by atoms with Gasteiger partial charge in [-0.3, -0.25) is 4.79 Å². The molecular formula is C17H23ClN2O3S. The zero-order valence-corrected chi connectivity index (χ0v) is 15.7. The molecule has 3 rings (SSSR count). The Bertz CT molecular complexity index is 735. The van der Waals surface area contributed by atoms with Crippen molar-refractivity contribution in [1.29, 1.82) is 0 Å². The fourth-order valence-corrected chi connectivity index (χ4v) is 6.10. The van der Waals surface area contributed by atoms with Crippen LogP contribution in [0, 0.1) is 12.3 Å². The Labute approximate surface area is 148 Å². The van der Waals surface area contributed by atoms with Crippen molar-refractivity contribution >= 4 is 27.5 Å². The highest BCUT2D eigenvalue weighted by atomic mass is 35.5.